The van der Waals surface area contributed by atoms with E-state index in [1.807, 2.05) is 20.2 Å². The fraction of sp³-hybridized carbons (Fsp3) is 0.500. The number of nitrogens with zero attached hydrogens (tertiary/aromatic N) is 1. The van der Waals surface area contributed by atoms with E-state index in [1.54, 1.807) is 6.07 Å². The molecule has 2 nitrogen and oxygen atoms in total. The van der Waals surface area contributed by atoms with Crippen LogP contribution in [0, 0.1) is 5.82 Å². The van der Waals surface area contributed by atoms with E-state index in [0.29, 0.717) is 4.47 Å². The summed E-state index contributed by atoms with van der Waals surface area (Å²) in [4.78, 5) is 2.19. The van der Waals surface area contributed by atoms with E-state index < -0.39 is 0 Å². The molecule has 0 aliphatic carbocycles. The van der Waals surface area contributed by atoms with Gasteiger partial charge in [0.15, 0.2) is 0 Å². The molecular formula is C12H18BrFN2. The Morgan fingerprint density at radius 2 is 2.19 bits per heavy atom. The van der Waals surface area contributed by atoms with Crippen molar-refractivity contribution in [3.63, 3.8) is 0 Å². The average Bonchev–Trinajstić information content (AvgIpc) is 2.25. The van der Waals surface area contributed by atoms with Gasteiger partial charge < -0.3 is 10.2 Å². The summed E-state index contributed by atoms with van der Waals surface area (Å²) in [5, 5.41) is 3.11. The number of benzene rings is 1. The molecule has 0 saturated heterocycles. The first-order valence-corrected chi connectivity index (χ1v) is 6.20. The fourth-order valence-corrected chi connectivity index (χ4v) is 1.96. The molecule has 90 valence electrons. The molecule has 1 N–H and O–H groups in total. The Labute approximate surface area is 105 Å². The monoisotopic (exact) mass is 288 g/mol. The first kappa shape index (κ1) is 13.6. The number of rotatable bonds is 6. The van der Waals surface area contributed by atoms with Crippen LogP contribution >= 0.6 is 15.9 Å². The lowest BCUT2D eigenvalue weighted by Crippen LogP contribution is -2.22. The highest BCUT2D eigenvalue weighted by Crippen LogP contribution is 2.21. The van der Waals surface area contributed by atoms with Gasteiger partial charge in [-0.3, -0.25) is 0 Å². The lowest BCUT2D eigenvalue weighted by Gasteiger charge is -2.17. The molecule has 0 amide bonds. The van der Waals surface area contributed by atoms with Gasteiger partial charge in [-0.05, 0) is 61.2 Å². The van der Waals surface area contributed by atoms with Gasteiger partial charge in [0.1, 0.15) is 5.82 Å². The summed E-state index contributed by atoms with van der Waals surface area (Å²) < 4.78 is 13.8. The highest BCUT2D eigenvalue weighted by Gasteiger charge is 2.07. The van der Waals surface area contributed by atoms with Crippen molar-refractivity contribution in [1.82, 2.24) is 10.2 Å². The zero-order valence-corrected chi connectivity index (χ0v) is 11.3. The summed E-state index contributed by atoms with van der Waals surface area (Å²) in [6.07, 6.45) is 1.10. The van der Waals surface area contributed by atoms with Crippen LogP contribution in [0.25, 0.3) is 0 Å². The number of hydrogen-bond acceptors (Lipinski definition) is 2. The third-order valence-corrected chi connectivity index (χ3v) is 3.33. The first-order chi connectivity index (χ1) is 7.65. The Hall–Kier alpha value is -0.450. The van der Waals surface area contributed by atoms with Gasteiger partial charge in [0, 0.05) is 6.54 Å². The minimum atomic E-state index is -0.193. The Bertz CT molecular complexity index is 331. The van der Waals surface area contributed by atoms with Crippen molar-refractivity contribution in [1.29, 1.82) is 0 Å². The van der Waals surface area contributed by atoms with Crippen LogP contribution in [0.3, 0.4) is 0 Å². The molecule has 16 heavy (non-hydrogen) atoms. The van der Waals surface area contributed by atoms with Crippen LogP contribution in [0.4, 0.5) is 4.39 Å². The topological polar surface area (TPSA) is 15.3 Å². The number of nitrogens with one attached hydrogen (secondary N) is 1. The van der Waals surface area contributed by atoms with Crippen LogP contribution in [0.2, 0.25) is 0 Å². The molecule has 0 spiro atoms. The highest BCUT2D eigenvalue weighted by molar-refractivity contribution is 9.10. The zero-order chi connectivity index (χ0) is 12.0. The molecule has 0 unspecified atom stereocenters. The second-order valence-corrected chi connectivity index (χ2v) is 4.70. The first-order valence-electron chi connectivity index (χ1n) is 5.41. The van der Waals surface area contributed by atoms with Crippen LogP contribution in [-0.4, -0.2) is 32.1 Å². The second-order valence-electron chi connectivity index (χ2n) is 3.91. The maximum atomic E-state index is 13.3. The summed E-state index contributed by atoms with van der Waals surface area (Å²) in [7, 11) is 4.00. The smallest absolute Gasteiger partial charge is 0.137 e. The van der Waals surface area contributed by atoms with Gasteiger partial charge in [-0.1, -0.05) is 12.1 Å². The van der Waals surface area contributed by atoms with Crippen molar-refractivity contribution in [2.75, 3.05) is 27.2 Å². The molecule has 1 rings (SSSR count). The molecule has 1 aromatic rings. The molecule has 0 aliphatic heterocycles. The predicted octanol–water partition coefficient (Wildman–Crippen LogP) is 2.63. The van der Waals surface area contributed by atoms with Gasteiger partial charge in [0.05, 0.1) is 4.47 Å². The lowest BCUT2D eigenvalue weighted by molar-refractivity contribution is 0.320. The van der Waals surface area contributed by atoms with Gasteiger partial charge in [0.25, 0.3) is 0 Å². The van der Waals surface area contributed by atoms with Crippen LogP contribution in [0.1, 0.15) is 12.0 Å². The van der Waals surface area contributed by atoms with Crippen molar-refractivity contribution in [3.05, 3.63) is 34.1 Å². The van der Waals surface area contributed by atoms with Crippen LogP contribution in [-0.2, 0) is 6.54 Å². The molecule has 1 aromatic carbocycles. The van der Waals surface area contributed by atoms with Crippen molar-refractivity contribution in [2.24, 2.45) is 0 Å². The standard InChI is InChI=1S/C12H18BrFN2/c1-15-7-4-8-16(2)9-10-5-3-6-11(14)12(10)13/h3,5-6,15H,4,7-9H2,1-2H3. The van der Waals surface area contributed by atoms with Crippen LogP contribution in [0.15, 0.2) is 22.7 Å². The third kappa shape index (κ3) is 4.20. The molecule has 0 aliphatic rings. The molecule has 0 bridgehead atoms. The average molecular weight is 289 g/mol. The number of halogens is 2. The van der Waals surface area contributed by atoms with E-state index in [9.17, 15) is 4.39 Å². The second kappa shape index (κ2) is 6.99. The predicted molar refractivity (Wildman–Crippen MR) is 69.0 cm³/mol. The van der Waals surface area contributed by atoms with E-state index in [-0.39, 0.29) is 5.82 Å². The SMILES string of the molecule is CNCCCN(C)Cc1cccc(F)c1Br. The highest BCUT2D eigenvalue weighted by atomic mass is 79.9. The molecule has 0 fully saturated rings. The number of hydrogen-bond donors (Lipinski definition) is 1. The van der Waals surface area contributed by atoms with Crippen molar-refractivity contribution in [2.45, 2.75) is 13.0 Å². The molecule has 0 heterocycles. The Balaban J connectivity index is 2.49. The van der Waals surface area contributed by atoms with Crippen LogP contribution < -0.4 is 5.32 Å². The Morgan fingerprint density at radius 3 is 2.88 bits per heavy atom. The lowest BCUT2D eigenvalue weighted by atomic mass is 10.2. The molecule has 0 atom stereocenters. The minimum Gasteiger partial charge on any atom is -0.320 e. The van der Waals surface area contributed by atoms with E-state index in [2.05, 4.69) is 26.1 Å². The van der Waals surface area contributed by atoms with E-state index in [1.165, 1.54) is 6.07 Å². The minimum absolute atomic E-state index is 0.193. The molecular weight excluding hydrogens is 271 g/mol. The van der Waals surface area contributed by atoms with E-state index >= 15 is 0 Å². The Kier molecular flexibility index (Phi) is 5.95. The maximum absolute atomic E-state index is 13.3. The van der Waals surface area contributed by atoms with Gasteiger partial charge in [0.2, 0.25) is 0 Å². The maximum Gasteiger partial charge on any atom is 0.137 e. The van der Waals surface area contributed by atoms with Crippen molar-refractivity contribution < 1.29 is 4.39 Å². The van der Waals surface area contributed by atoms with Gasteiger partial charge >= 0.3 is 0 Å². The molecule has 0 aromatic heterocycles. The van der Waals surface area contributed by atoms with Gasteiger partial charge in [-0.25, -0.2) is 4.39 Å². The Morgan fingerprint density at radius 1 is 1.44 bits per heavy atom. The molecule has 0 radical (unpaired) electrons. The van der Waals surface area contributed by atoms with E-state index in [4.69, 9.17) is 0 Å². The largest absolute Gasteiger partial charge is 0.320 e. The van der Waals surface area contributed by atoms with Crippen LogP contribution in [0.5, 0.6) is 0 Å². The third-order valence-electron chi connectivity index (χ3n) is 2.44. The van der Waals surface area contributed by atoms with Crippen molar-refractivity contribution >= 4 is 15.9 Å². The van der Waals surface area contributed by atoms with Crippen molar-refractivity contribution in [3.8, 4) is 0 Å². The quantitative estimate of drug-likeness (QED) is 0.810. The summed E-state index contributed by atoms with van der Waals surface area (Å²) in [5.41, 5.74) is 0.993. The summed E-state index contributed by atoms with van der Waals surface area (Å²) in [6.45, 7) is 2.78. The normalized spacial score (nSPS) is 11.1. The van der Waals surface area contributed by atoms with E-state index in [0.717, 1.165) is 31.6 Å². The molecule has 0 saturated carbocycles. The zero-order valence-electron chi connectivity index (χ0n) is 9.76. The van der Waals surface area contributed by atoms with Gasteiger partial charge in [-0.15, -0.1) is 0 Å². The summed E-state index contributed by atoms with van der Waals surface area (Å²) >= 11 is 3.28. The summed E-state index contributed by atoms with van der Waals surface area (Å²) in [5.74, 6) is -0.193. The molecule has 4 heteroatoms. The fourth-order valence-electron chi connectivity index (χ4n) is 1.57. The summed E-state index contributed by atoms with van der Waals surface area (Å²) in [6, 6.07) is 5.16. The van der Waals surface area contributed by atoms with Gasteiger partial charge in [-0.2, -0.15) is 0 Å².